The minimum Gasteiger partial charge on any atom is -0.298 e. The molecule has 0 N–H and O–H groups in total. The molecule has 0 aliphatic heterocycles. The quantitative estimate of drug-likeness (QED) is 0.715. The minimum atomic E-state index is 0.225. The van der Waals surface area contributed by atoms with Crippen molar-refractivity contribution in [3.63, 3.8) is 0 Å². The van der Waals surface area contributed by atoms with Gasteiger partial charge in [-0.15, -0.1) is 0 Å². The van der Waals surface area contributed by atoms with E-state index in [0.717, 1.165) is 34.9 Å². The van der Waals surface area contributed by atoms with Gasteiger partial charge in [0.15, 0.2) is 0 Å². The first-order valence-corrected chi connectivity index (χ1v) is 6.68. The van der Waals surface area contributed by atoms with Crippen molar-refractivity contribution in [3.05, 3.63) is 81.5 Å². The van der Waals surface area contributed by atoms with Crippen LogP contribution in [0, 0.1) is 5.92 Å². The Bertz CT molecular complexity index is 761. The van der Waals surface area contributed by atoms with Crippen molar-refractivity contribution in [2.24, 2.45) is 5.92 Å². The van der Waals surface area contributed by atoms with Gasteiger partial charge in [0.05, 0.1) is 0 Å². The Balaban J connectivity index is 1.95. The van der Waals surface area contributed by atoms with Gasteiger partial charge in [0.25, 0.3) is 0 Å². The van der Waals surface area contributed by atoms with Crippen LogP contribution in [0.2, 0.25) is 0 Å². The van der Waals surface area contributed by atoms with Crippen molar-refractivity contribution >= 4 is 12.6 Å². The van der Waals surface area contributed by atoms with Gasteiger partial charge in [-0.2, -0.15) is 0 Å². The Morgan fingerprint density at radius 3 is 2.65 bits per heavy atom. The zero-order valence-electron chi connectivity index (χ0n) is 10.8. The third-order valence-corrected chi connectivity index (χ3v) is 4.23. The SMILES string of the molecule is O=CC1=CC2=CC=C3CC(C=O)=CC4=C3C2C(=C1)C=C4. The molecule has 4 aliphatic carbocycles. The highest BCUT2D eigenvalue weighted by molar-refractivity contribution is 5.84. The van der Waals surface area contributed by atoms with Gasteiger partial charge in [0, 0.05) is 17.9 Å². The van der Waals surface area contributed by atoms with Crippen LogP contribution in [-0.2, 0) is 9.59 Å². The lowest BCUT2D eigenvalue weighted by Crippen LogP contribution is -2.22. The van der Waals surface area contributed by atoms with Gasteiger partial charge in [0.2, 0.25) is 0 Å². The van der Waals surface area contributed by atoms with E-state index in [9.17, 15) is 9.59 Å². The fourth-order valence-corrected chi connectivity index (χ4v) is 3.40. The van der Waals surface area contributed by atoms with Crippen LogP contribution < -0.4 is 0 Å². The first-order chi connectivity index (χ1) is 9.80. The van der Waals surface area contributed by atoms with E-state index in [-0.39, 0.29) is 5.92 Å². The van der Waals surface area contributed by atoms with Gasteiger partial charge in [-0.25, -0.2) is 0 Å². The van der Waals surface area contributed by atoms with Crippen LogP contribution in [0.1, 0.15) is 6.42 Å². The summed E-state index contributed by atoms with van der Waals surface area (Å²) in [6, 6.07) is 0. The molecule has 0 spiro atoms. The lowest BCUT2D eigenvalue weighted by Gasteiger charge is -2.36. The maximum atomic E-state index is 11.1. The number of rotatable bonds is 2. The molecule has 0 amide bonds. The molecule has 0 saturated carbocycles. The van der Waals surface area contributed by atoms with E-state index in [1.807, 2.05) is 24.3 Å². The highest BCUT2D eigenvalue weighted by atomic mass is 16.1. The predicted molar refractivity (Wildman–Crippen MR) is 76.8 cm³/mol. The molecule has 0 bridgehead atoms. The molecule has 0 aromatic heterocycles. The van der Waals surface area contributed by atoms with E-state index >= 15 is 0 Å². The second-order valence-electron chi connectivity index (χ2n) is 5.41. The zero-order valence-corrected chi connectivity index (χ0v) is 10.8. The zero-order chi connectivity index (χ0) is 13.7. The first kappa shape index (κ1) is 11.4. The standard InChI is InChI=1S/C18H12O2/c19-9-11-5-13-1-2-14-6-12(10-20)8-16-4-3-15(7-11)17(13)18(14)16/h1-7,9-10,17H,8H2. The molecule has 0 aromatic rings. The van der Waals surface area contributed by atoms with Crippen molar-refractivity contribution < 1.29 is 9.59 Å². The molecule has 2 nitrogen and oxygen atoms in total. The van der Waals surface area contributed by atoms with Gasteiger partial charge in [-0.3, -0.25) is 9.59 Å². The summed E-state index contributed by atoms with van der Waals surface area (Å²) >= 11 is 0. The van der Waals surface area contributed by atoms with Crippen LogP contribution in [0.15, 0.2) is 81.5 Å². The summed E-state index contributed by atoms with van der Waals surface area (Å²) in [7, 11) is 0. The average Bonchev–Trinajstić information content (AvgIpc) is 2.51. The number of allylic oxidation sites excluding steroid dienone is 14. The average molecular weight is 260 g/mol. The second-order valence-corrected chi connectivity index (χ2v) is 5.41. The third-order valence-electron chi connectivity index (χ3n) is 4.23. The monoisotopic (exact) mass is 260 g/mol. The summed E-state index contributed by atoms with van der Waals surface area (Å²) in [6.07, 6.45) is 16.7. The number of carbonyl (C=O) groups is 2. The normalized spacial score (nSPS) is 25.8. The number of hydrogen-bond donors (Lipinski definition) is 0. The molecule has 0 aromatic carbocycles. The van der Waals surface area contributed by atoms with Crippen molar-refractivity contribution in [1.29, 1.82) is 0 Å². The summed E-state index contributed by atoms with van der Waals surface area (Å²) in [5.74, 6) is 0.225. The van der Waals surface area contributed by atoms with E-state index in [1.165, 1.54) is 11.1 Å². The highest BCUT2D eigenvalue weighted by Crippen LogP contribution is 2.47. The Kier molecular flexibility index (Phi) is 2.27. The van der Waals surface area contributed by atoms with Gasteiger partial charge in [-0.1, -0.05) is 24.3 Å². The maximum absolute atomic E-state index is 11.1. The van der Waals surface area contributed by atoms with Crippen molar-refractivity contribution in [1.82, 2.24) is 0 Å². The molecular formula is C18H12O2. The van der Waals surface area contributed by atoms with Crippen LogP contribution >= 0.6 is 0 Å². The van der Waals surface area contributed by atoms with Gasteiger partial charge in [-0.05, 0) is 51.7 Å². The molecule has 0 heterocycles. The topological polar surface area (TPSA) is 34.1 Å². The molecule has 0 radical (unpaired) electrons. The molecule has 1 unspecified atom stereocenters. The fourth-order valence-electron chi connectivity index (χ4n) is 3.40. The lowest BCUT2D eigenvalue weighted by molar-refractivity contribution is -0.105. The Morgan fingerprint density at radius 1 is 0.950 bits per heavy atom. The molecule has 0 fully saturated rings. The highest BCUT2D eigenvalue weighted by Gasteiger charge is 2.34. The fraction of sp³-hybridized carbons (Fsp3) is 0.111. The number of carbonyl (C=O) groups excluding carboxylic acids is 2. The molecule has 0 saturated heterocycles. The summed E-state index contributed by atoms with van der Waals surface area (Å²) in [5.41, 5.74) is 7.50. The molecule has 1 atom stereocenters. The third kappa shape index (κ3) is 1.45. The van der Waals surface area contributed by atoms with E-state index in [0.29, 0.717) is 12.0 Å². The summed E-state index contributed by atoms with van der Waals surface area (Å²) in [5, 5.41) is 0. The Labute approximate surface area is 116 Å². The Morgan fingerprint density at radius 2 is 1.85 bits per heavy atom. The van der Waals surface area contributed by atoms with E-state index in [2.05, 4.69) is 18.2 Å². The first-order valence-electron chi connectivity index (χ1n) is 6.68. The van der Waals surface area contributed by atoms with Crippen molar-refractivity contribution in [2.75, 3.05) is 0 Å². The summed E-state index contributed by atoms with van der Waals surface area (Å²) in [6.45, 7) is 0. The van der Waals surface area contributed by atoms with Gasteiger partial charge in [0.1, 0.15) is 12.6 Å². The smallest absolute Gasteiger partial charge is 0.150 e. The van der Waals surface area contributed by atoms with Crippen LogP contribution in [0.4, 0.5) is 0 Å². The molecule has 4 rings (SSSR count). The molecule has 20 heavy (non-hydrogen) atoms. The molecule has 96 valence electrons. The van der Waals surface area contributed by atoms with Crippen molar-refractivity contribution in [2.45, 2.75) is 6.42 Å². The Hall–Kier alpha value is -2.48. The summed E-state index contributed by atoms with van der Waals surface area (Å²) in [4.78, 5) is 22.1. The molecule has 4 aliphatic rings. The molecule has 2 heteroatoms. The number of hydrogen-bond acceptors (Lipinski definition) is 2. The van der Waals surface area contributed by atoms with Gasteiger partial charge < -0.3 is 0 Å². The maximum Gasteiger partial charge on any atom is 0.150 e. The van der Waals surface area contributed by atoms with Crippen molar-refractivity contribution in [3.8, 4) is 0 Å². The minimum absolute atomic E-state index is 0.225. The van der Waals surface area contributed by atoms with E-state index < -0.39 is 0 Å². The summed E-state index contributed by atoms with van der Waals surface area (Å²) < 4.78 is 0. The number of aldehydes is 2. The van der Waals surface area contributed by atoms with Crippen LogP contribution in [0.25, 0.3) is 0 Å². The molecular weight excluding hydrogens is 248 g/mol. The van der Waals surface area contributed by atoms with Crippen LogP contribution in [-0.4, -0.2) is 12.6 Å². The van der Waals surface area contributed by atoms with Crippen LogP contribution in [0.3, 0.4) is 0 Å². The lowest BCUT2D eigenvalue weighted by atomic mass is 9.67. The van der Waals surface area contributed by atoms with Crippen LogP contribution in [0.5, 0.6) is 0 Å². The second kappa shape index (κ2) is 4.01. The van der Waals surface area contributed by atoms with E-state index in [4.69, 9.17) is 0 Å². The van der Waals surface area contributed by atoms with Gasteiger partial charge >= 0.3 is 0 Å². The van der Waals surface area contributed by atoms with E-state index in [1.54, 1.807) is 0 Å². The largest absolute Gasteiger partial charge is 0.298 e. The predicted octanol–water partition coefficient (Wildman–Crippen LogP) is 2.93.